The summed E-state index contributed by atoms with van der Waals surface area (Å²) >= 11 is 4.15. The van der Waals surface area contributed by atoms with Gasteiger partial charge >= 0.3 is 0 Å². The van der Waals surface area contributed by atoms with Crippen LogP contribution in [0.4, 0.5) is 0 Å². The van der Waals surface area contributed by atoms with Gasteiger partial charge in [-0.25, -0.2) is 0 Å². The van der Waals surface area contributed by atoms with E-state index >= 15 is 0 Å². The standard InChI is InChI=1S/C33H64O4S2/c1-5-7-9-11-13-15-17-19-21-38-29(3)23-31-34-25-33(26-35-31)27-36-32(37-28-33)24-30(4)39-22-20-18-16-14-12-10-8-6-2/h29-32H,5-28H2,1-4H3. The quantitative estimate of drug-likeness (QED) is 0.104. The molecular weight excluding hydrogens is 524 g/mol. The van der Waals surface area contributed by atoms with Crippen molar-refractivity contribution in [1.29, 1.82) is 0 Å². The van der Waals surface area contributed by atoms with E-state index in [9.17, 15) is 0 Å². The first-order valence-corrected chi connectivity index (χ1v) is 18.9. The van der Waals surface area contributed by atoms with Crippen LogP contribution in [0.1, 0.15) is 143 Å². The van der Waals surface area contributed by atoms with Gasteiger partial charge in [0, 0.05) is 23.3 Å². The monoisotopic (exact) mass is 588 g/mol. The van der Waals surface area contributed by atoms with Gasteiger partial charge in [-0.2, -0.15) is 23.5 Å². The fourth-order valence-corrected chi connectivity index (χ4v) is 7.55. The van der Waals surface area contributed by atoms with E-state index in [1.807, 2.05) is 0 Å². The molecule has 1 spiro atoms. The van der Waals surface area contributed by atoms with Crippen molar-refractivity contribution >= 4 is 23.5 Å². The van der Waals surface area contributed by atoms with Crippen LogP contribution in [-0.4, -0.2) is 61.0 Å². The Kier molecular flexibility index (Phi) is 21.1. The summed E-state index contributed by atoms with van der Waals surface area (Å²) in [7, 11) is 0. The highest BCUT2D eigenvalue weighted by molar-refractivity contribution is 8.00. The second-order valence-corrected chi connectivity index (χ2v) is 15.5. The van der Waals surface area contributed by atoms with Gasteiger partial charge in [0.2, 0.25) is 0 Å². The van der Waals surface area contributed by atoms with Gasteiger partial charge in [0.1, 0.15) is 0 Å². The smallest absolute Gasteiger partial charge is 0.158 e. The molecule has 0 amide bonds. The molecular formula is C33H64O4S2. The summed E-state index contributed by atoms with van der Waals surface area (Å²) in [6.45, 7) is 11.9. The van der Waals surface area contributed by atoms with E-state index < -0.39 is 0 Å². The first-order valence-electron chi connectivity index (χ1n) is 16.8. The molecule has 2 unspecified atom stereocenters. The lowest BCUT2D eigenvalue weighted by atomic mass is 9.90. The number of unbranched alkanes of at least 4 members (excludes halogenated alkanes) is 14. The maximum Gasteiger partial charge on any atom is 0.158 e. The average Bonchev–Trinajstić information content (AvgIpc) is 2.94. The third kappa shape index (κ3) is 17.3. The topological polar surface area (TPSA) is 36.9 Å². The summed E-state index contributed by atoms with van der Waals surface area (Å²) < 4.78 is 24.7. The molecule has 4 nitrogen and oxygen atoms in total. The highest BCUT2D eigenvalue weighted by Gasteiger charge is 2.42. The van der Waals surface area contributed by atoms with Gasteiger partial charge in [0.25, 0.3) is 0 Å². The van der Waals surface area contributed by atoms with Crippen LogP contribution in [0.2, 0.25) is 0 Å². The summed E-state index contributed by atoms with van der Waals surface area (Å²) in [5.41, 5.74) is -0.131. The molecule has 0 aromatic heterocycles. The molecule has 2 saturated heterocycles. The van der Waals surface area contributed by atoms with E-state index in [-0.39, 0.29) is 18.0 Å². The second-order valence-electron chi connectivity index (χ2n) is 12.4. The van der Waals surface area contributed by atoms with Gasteiger partial charge in [-0.3, -0.25) is 0 Å². The molecule has 0 saturated carbocycles. The average molecular weight is 589 g/mol. The molecule has 2 atom stereocenters. The number of rotatable bonds is 24. The number of hydrogen-bond acceptors (Lipinski definition) is 6. The first-order chi connectivity index (χ1) is 19.1. The fraction of sp³-hybridized carbons (Fsp3) is 1.00. The zero-order valence-corrected chi connectivity index (χ0v) is 27.9. The predicted octanol–water partition coefficient (Wildman–Crippen LogP) is 10.0. The Morgan fingerprint density at radius 2 is 0.821 bits per heavy atom. The molecule has 2 rings (SSSR count). The molecule has 0 N–H and O–H groups in total. The van der Waals surface area contributed by atoms with E-state index in [2.05, 4.69) is 51.2 Å². The minimum absolute atomic E-state index is 0.0813. The zero-order chi connectivity index (χ0) is 28.0. The normalized spacial score (nSPS) is 25.2. The maximum atomic E-state index is 6.16. The van der Waals surface area contributed by atoms with Crippen LogP contribution in [0.25, 0.3) is 0 Å². The third-order valence-corrected chi connectivity index (χ3v) is 10.7. The zero-order valence-electron chi connectivity index (χ0n) is 26.2. The summed E-state index contributed by atoms with van der Waals surface area (Å²) in [6.07, 6.45) is 24.0. The van der Waals surface area contributed by atoms with Crippen LogP contribution in [0.3, 0.4) is 0 Å². The highest BCUT2D eigenvalue weighted by atomic mass is 32.2. The summed E-state index contributed by atoms with van der Waals surface area (Å²) in [5.74, 6) is 2.51. The van der Waals surface area contributed by atoms with Gasteiger partial charge in [-0.1, -0.05) is 118 Å². The van der Waals surface area contributed by atoms with E-state index in [1.54, 1.807) is 0 Å². The molecule has 2 fully saturated rings. The first kappa shape index (κ1) is 35.7. The summed E-state index contributed by atoms with van der Waals surface area (Å²) in [6, 6.07) is 0. The Bertz CT molecular complexity index is 496. The molecule has 0 aliphatic carbocycles. The molecule has 2 heterocycles. The summed E-state index contributed by atoms with van der Waals surface area (Å²) in [5, 5.41) is 1.14. The Hall–Kier alpha value is 0.540. The molecule has 2 aliphatic heterocycles. The van der Waals surface area contributed by atoms with E-state index in [0.717, 1.165) is 12.8 Å². The molecule has 0 aromatic carbocycles. The van der Waals surface area contributed by atoms with Gasteiger partial charge in [-0.15, -0.1) is 0 Å². The van der Waals surface area contributed by atoms with Crippen LogP contribution in [0, 0.1) is 5.41 Å². The Morgan fingerprint density at radius 3 is 1.15 bits per heavy atom. The van der Waals surface area contributed by atoms with Crippen LogP contribution in [-0.2, 0) is 18.9 Å². The van der Waals surface area contributed by atoms with Gasteiger partial charge in [0.05, 0.1) is 31.8 Å². The van der Waals surface area contributed by atoms with Crippen molar-refractivity contribution in [2.24, 2.45) is 5.41 Å². The Balaban J connectivity index is 1.45. The SMILES string of the molecule is CCCCCCCCCCSC(C)CC1OCC2(CO1)COC(CC(C)SCCCCCCCCCC)OC2. The molecule has 39 heavy (non-hydrogen) atoms. The van der Waals surface area contributed by atoms with Crippen molar-refractivity contribution in [3.8, 4) is 0 Å². The lowest BCUT2D eigenvalue weighted by molar-refractivity contribution is -0.303. The predicted molar refractivity (Wildman–Crippen MR) is 172 cm³/mol. The number of ether oxygens (including phenoxy) is 4. The molecule has 0 bridgehead atoms. The van der Waals surface area contributed by atoms with Gasteiger partial charge in [-0.05, 0) is 24.3 Å². The second kappa shape index (κ2) is 23.1. The van der Waals surface area contributed by atoms with Crippen LogP contribution in [0.5, 0.6) is 0 Å². The van der Waals surface area contributed by atoms with Crippen molar-refractivity contribution < 1.29 is 18.9 Å². The number of thioether (sulfide) groups is 2. The van der Waals surface area contributed by atoms with Gasteiger partial charge < -0.3 is 18.9 Å². The lowest BCUT2D eigenvalue weighted by Crippen LogP contribution is -2.52. The largest absolute Gasteiger partial charge is 0.352 e. The molecule has 2 aliphatic rings. The van der Waals surface area contributed by atoms with Crippen LogP contribution in [0.15, 0.2) is 0 Å². The van der Waals surface area contributed by atoms with E-state index in [4.69, 9.17) is 18.9 Å². The van der Waals surface area contributed by atoms with E-state index in [0.29, 0.717) is 36.9 Å². The Morgan fingerprint density at radius 1 is 0.513 bits per heavy atom. The highest BCUT2D eigenvalue weighted by Crippen LogP contribution is 2.34. The maximum absolute atomic E-state index is 6.16. The van der Waals surface area contributed by atoms with Crippen molar-refractivity contribution in [1.82, 2.24) is 0 Å². The van der Waals surface area contributed by atoms with Crippen molar-refractivity contribution in [2.45, 2.75) is 166 Å². The molecule has 0 radical (unpaired) electrons. The van der Waals surface area contributed by atoms with Crippen LogP contribution >= 0.6 is 23.5 Å². The molecule has 0 aromatic rings. The minimum Gasteiger partial charge on any atom is -0.352 e. The van der Waals surface area contributed by atoms with Crippen molar-refractivity contribution in [3.05, 3.63) is 0 Å². The number of hydrogen-bond donors (Lipinski definition) is 0. The lowest BCUT2D eigenvalue weighted by Gasteiger charge is -2.44. The van der Waals surface area contributed by atoms with Crippen molar-refractivity contribution in [3.63, 3.8) is 0 Å². The Labute approximate surface area is 251 Å². The molecule has 232 valence electrons. The third-order valence-electron chi connectivity index (χ3n) is 8.15. The van der Waals surface area contributed by atoms with E-state index in [1.165, 1.54) is 114 Å². The van der Waals surface area contributed by atoms with Crippen LogP contribution < -0.4 is 0 Å². The summed E-state index contributed by atoms with van der Waals surface area (Å²) in [4.78, 5) is 0. The fourth-order valence-electron chi connectivity index (χ4n) is 5.42. The van der Waals surface area contributed by atoms with Crippen molar-refractivity contribution in [2.75, 3.05) is 37.9 Å². The minimum atomic E-state index is -0.131. The molecule has 6 heteroatoms. The van der Waals surface area contributed by atoms with Gasteiger partial charge in [0.15, 0.2) is 12.6 Å².